The van der Waals surface area contributed by atoms with Crippen LogP contribution in [0.2, 0.25) is 0 Å². The average Bonchev–Trinajstić information content (AvgIpc) is 3.17. The van der Waals surface area contributed by atoms with Gasteiger partial charge in [-0.05, 0) is 86.3 Å². The van der Waals surface area contributed by atoms with Gasteiger partial charge in [0.15, 0.2) is 5.78 Å². The third kappa shape index (κ3) is 6.15. The lowest BCUT2D eigenvalue weighted by Crippen LogP contribution is -2.35. The highest BCUT2D eigenvalue weighted by Crippen LogP contribution is 2.25. The van der Waals surface area contributed by atoms with Crippen LogP contribution in [0.1, 0.15) is 53.4 Å². The lowest BCUT2D eigenvalue weighted by molar-refractivity contribution is -0.116. The third-order valence-corrected chi connectivity index (χ3v) is 6.58. The van der Waals surface area contributed by atoms with Crippen molar-refractivity contribution in [3.8, 4) is 5.75 Å². The summed E-state index contributed by atoms with van der Waals surface area (Å²) in [6.45, 7) is 6.57. The molecule has 1 amide bonds. The Morgan fingerprint density at radius 1 is 1.31 bits per heavy atom. The Kier molecular flexibility index (Phi) is 7.45. The summed E-state index contributed by atoms with van der Waals surface area (Å²) in [6, 6.07) is 7.70. The maximum absolute atomic E-state index is 12.4. The number of carbonyl (C=O) groups is 2. The topological polar surface area (TPSA) is 58.6 Å². The molecule has 0 unspecified atom stereocenters. The number of hydrogen-bond acceptors (Lipinski definition) is 5. The van der Waals surface area contributed by atoms with Crippen LogP contribution in [0.25, 0.3) is 0 Å². The van der Waals surface area contributed by atoms with E-state index in [-0.39, 0.29) is 11.7 Å². The molecule has 0 bridgehead atoms. The number of nitrogens with zero attached hydrogens (tertiary/aromatic N) is 1. The maximum atomic E-state index is 12.4. The van der Waals surface area contributed by atoms with Crippen LogP contribution in [0.15, 0.2) is 29.6 Å². The summed E-state index contributed by atoms with van der Waals surface area (Å²) < 4.78 is 5.21. The maximum Gasteiger partial charge on any atom is 0.224 e. The summed E-state index contributed by atoms with van der Waals surface area (Å²) in [5.41, 5.74) is 3.07. The first-order valence-corrected chi connectivity index (χ1v) is 11.1. The Bertz CT molecular complexity index is 862. The van der Waals surface area contributed by atoms with Crippen LogP contribution in [0.5, 0.6) is 5.75 Å². The van der Waals surface area contributed by atoms with Gasteiger partial charge in [0.25, 0.3) is 0 Å². The number of methoxy groups -OCH3 is 1. The summed E-state index contributed by atoms with van der Waals surface area (Å²) >= 11 is 1.53. The molecule has 0 radical (unpaired) electrons. The summed E-state index contributed by atoms with van der Waals surface area (Å²) in [6.07, 6.45) is 3.78. The molecule has 1 aliphatic rings. The molecule has 1 atom stereocenters. The van der Waals surface area contributed by atoms with Crippen LogP contribution in [0.4, 0.5) is 5.69 Å². The number of benzene rings is 1. The van der Waals surface area contributed by atoms with Gasteiger partial charge in [-0.2, -0.15) is 0 Å². The molecule has 2 aromatic rings. The summed E-state index contributed by atoms with van der Waals surface area (Å²) in [5.74, 6) is 1.54. The number of rotatable bonds is 8. The van der Waals surface area contributed by atoms with Crippen molar-refractivity contribution >= 4 is 28.7 Å². The summed E-state index contributed by atoms with van der Waals surface area (Å²) in [5, 5.41) is 5.12. The van der Waals surface area contributed by atoms with Crippen molar-refractivity contribution < 1.29 is 14.3 Å². The molecule has 6 heteroatoms. The van der Waals surface area contributed by atoms with E-state index in [9.17, 15) is 9.59 Å². The van der Waals surface area contributed by atoms with E-state index in [1.165, 1.54) is 23.3 Å². The normalized spacial score (nSPS) is 17.1. The van der Waals surface area contributed by atoms with Gasteiger partial charge in [-0.15, -0.1) is 11.3 Å². The Hall–Kier alpha value is -2.18. The van der Waals surface area contributed by atoms with Crippen molar-refractivity contribution in [2.75, 3.05) is 25.5 Å². The lowest BCUT2D eigenvalue weighted by atomic mass is 9.93. The minimum atomic E-state index is 0.0688. The van der Waals surface area contributed by atoms with Crippen molar-refractivity contribution in [1.82, 2.24) is 4.90 Å². The van der Waals surface area contributed by atoms with E-state index in [1.54, 1.807) is 14.0 Å². The number of aryl methyl sites for hydroxylation is 1. The standard InChI is InChI=1S/C23H30N2O3S/c1-16-11-20(28-3)7-8-21(16)24-23(27)9-6-18-5-4-10-25(13-18)14-19-12-22(17(2)26)29-15-19/h7-8,11-12,15,18H,4-6,9-10,13-14H2,1-3H3,(H,24,27)/t18-/m0/s1. The van der Waals surface area contributed by atoms with E-state index >= 15 is 0 Å². The quantitative estimate of drug-likeness (QED) is 0.624. The fourth-order valence-corrected chi connectivity index (χ4v) is 4.69. The second-order valence-electron chi connectivity index (χ2n) is 7.89. The number of thiophene rings is 1. The molecule has 1 saturated heterocycles. The highest BCUT2D eigenvalue weighted by atomic mass is 32.1. The predicted octanol–water partition coefficient (Wildman–Crippen LogP) is 4.90. The van der Waals surface area contributed by atoms with Gasteiger partial charge in [-0.25, -0.2) is 0 Å². The van der Waals surface area contributed by atoms with Crippen LogP contribution < -0.4 is 10.1 Å². The molecular formula is C23H30N2O3S. The monoisotopic (exact) mass is 414 g/mol. The second kappa shape index (κ2) is 10.0. The minimum Gasteiger partial charge on any atom is -0.497 e. The molecule has 0 aliphatic carbocycles. The van der Waals surface area contributed by atoms with Crippen LogP contribution in [0, 0.1) is 12.8 Å². The first-order chi connectivity index (χ1) is 13.9. The first kappa shape index (κ1) is 21.5. The number of Topliss-reactive ketones (excluding diaryl/α,β-unsaturated/α-hetero) is 1. The van der Waals surface area contributed by atoms with Gasteiger partial charge >= 0.3 is 0 Å². The number of hydrogen-bond donors (Lipinski definition) is 1. The van der Waals surface area contributed by atoms with Crippen molar-refractivity contribution in [3.63, 3.8) is 0 Å². The van der Waals surface area contributed by atoms with Gasteiger partial charge in [-0.3, -0.25) is 14.5 Å². The van der Waals surface area contributed by atoms with Crippen molar-refractivity contribution in [1.29, 1.82) is 0 Å². The zero-order chi connectivity index (χ0) is 20.8. The molecule has 156 valence electrons. The van der Waals surface area contributed by atoms with Crippen LogP contribution in [0.3, 0.4) is 0 Å². The predicted molar refractivity (Wildman–Crippen MR) is 118 cm³/mol. The number of carbonyl (C=O) groups excluding carboxylic acids is 2. The molecule has 1 N–H and O–H groups in total. The zero-order valence-corrected chi connectivity index (χ0v) is 18.3. The van der Waals surface area contributed by atoms with E-state index in [0.717, 1.165) is 54.4 Å². The summed E-state index contributed by atoms with van der Waals surface area (Å²) in [7, 11) is 1.64. The van der Waals surface area contributed by atoms with Gasteiger partial charge in [0.1, 0.15) is 5.75 Å². The van der Waals surface area contributed by atoms with Crippen LogP contribution in [-0.4, -0.2) is 36.8 Å². The Labute approximate surface area is 177 Å². The number of ether oxygens (including phenoxy) is 1. The summed E-state index contributed by atoms with van der Waals surface area (Å²) in [4.78, 5) is 27.2. The molecule has 0 saturated carbocycles. The van der Waals surface area contributed by atoms with Crippen LogP contribution >= 0.6 is 11.3 Å². The lowest BCUT2D eigenvalue weighted by Gasteiger charge is -2.32. The number of likely N-dealkylation sites (tertiary alicyclic amines) is 1. The molecule has 2 heterocycles. The molecule has 1 fully saturated rings. The Balaban J connectivity index is 1.46. The Morgan fingerprint density at radius 2 is 2.14 bits per heavy atom. The SMILES string of the molecule is COc1ccc(NC(=O)CC[C@@H]2CCCN(Cc3csc(C(C)=O)c3)C2)c(C)c1. The number of piperidine rings is 1. The fraction of sp³-hybridized carbons (Fsp3) is 0.478. The molecule has 3 rings (SSSR count). The molecule has 1 aromatic heterocycles. The molecule has 5 nitrogen and oxygen atoms in total. The van der Waals surface area contributed by atoms with Gasteiger partial charge in [0.05, 0.1) is 12.0 Å². The van der Waals surface area contributed by atoms with Crippen molar-refractivity contribution in [3.05, 3.63) is 45.6 Å². The van der Waals surface area contributed by atoms with Crippen molar-refractivity contribution in [2.45, 2.75) is 46.1 Å². The number of anilines is 1. The van der Waals surface area contributed by atoms with Crippen molar-refractivity contribution in [2.24, 2.45) is 5.92 Å². The third-order valence-electron chi connectivity index (χ3n) is 5.50. The number of amides is 1. The highest BCUT2D eigenvalue weighted by molar-refractivity contribution is 7.12. The molecule has 29 heavy (non-hydrogen) atoms. The van der Waals surface area contributed by atoms with E-state index < -0.39 is 0 Å². The van der Waals surface area contributed by atoms with Gasteiger partial charge in [0, 0.05) is 25.2 Å². The van der Waals surface area contributed by atoms with E-state index in [4.69, 9.17) is 4.74 Å². The zero-order valence-electron chi connectivity index (χ0n) is 17.5. The second-order valence-corrected chi connectivity index (χ2v) is 8.80. The van der Waals surface area contributed by atoms with E-state index in [2.05, 4.69) is 15.6 Å². The van der Waals surface area contributed by atoms with Gasteiger partial charge in [-0.1, -0.05) is 0 Å². The van der Waals surface area contributed by atoms with Crippen LogP contribution in [-0.2, 0) is 11.3 Å². The first-order valence-electron chi connectivity index (χ1n) is 10.2. The molecule has 0 spiro atoms. The largest absolute Gasteiger partial charge is 0.497 e. The average molecular weight is 415 g/mol. The molecule has 1 aromatic carbocycles. The minimum absolute atomic E-state index is 0.0688. The molecular weight excluding hydrogens is 384 g/mol. The van der Waals surface area contributed by atoms with E-state index in [1.807, 2.05) is 31.2 Å². The number of ketones is 1. The van der Waals surface area contributed by atoms with Gasteiger partial charge in [0.2, 0.25) is 5.91 Å². The smallest absolute Gasteiger partial charge is 0.224 e. The number of nitrogens with one attached hydrogen (secondary N) is 1. The highest BCUT2D eigenvalue weighted by Gasteiger charge is 2.21. The van der Waals surface area contributed by atoms with E-state index in [0.29, 0.717) is 12.3 Å². The molecule has 1 aliphatic heterocycles. The Morgan fingerprint density at radius 3 is 2.83 bits per heavy atom. The van der Waals surface area contributed by atoms with Gasteiger partial charge < -0.3 is 10.1 Å². The fourth-order valence-electron chi connectivity index (χ4n) is 3.88.